The molecule has 15 heavy (non-hydrogen) atoms. The van der Waals surface area contributed by atoms with Crippen molar-refractivity contribution in [3.63, 3.8) is 0 Å². The third kappa shape index (κ3) is 4.09. The van der Waals surface area contributed by atoms with Gasteiger partial charge in [-0.05, 0) is 45.7 Å². The predicted octanol–water partition coefficient (Wildman–Crippen LogP) is 1.08. The first-order chi connectivity index (χ1) is 7.17. The van der Waals surface area contributed by atoms with Crippen molar-refractivity contribution in [2.75, 3.05) is 26.7 Å². The highest BCUT2D eigenvalue weighted by atomic mass is 16.3. The normalized spacial score (nSPS) is 30.4. The van der Waals surface area contributed by atoms with Gasteiger partial charge in [0.1, 0.15) is 0 Å². The molecule has 0 saturated carbocycles. The van der Waals surface area contributed by atoms with Gasteiger partial charge in [-0.1, -0.05) is 6.92 Å². The molecule has 2 N–H and O–H groups in total. The van der Waals surface area contributed by atoms with Gasteiger partial charge in [0.05, 0.1) is 0 Å². The van der Waals surface area contributed by atoms with Crippen LogP contribution in [0.2, 0.25) is 0 Å². The molecular weight excluding hydrogens is 188 g/mol. The first-order valence-corrected chi connectivity index (χ1v) is 6.19. The van der Waals surface area contributed by atoms with Crippen molar-refractivity contribution in [1.29, 1.82) is 0 Å². The molecule has 0 aromatic carbocycles. The molecule has 1 rings (SSSR count). The summed E-state index contributed by atoms with van der Waals surface area (Å²) in [5, 5.41) is 12.2. The second-order valence-corrected chi connectivity index (χ2v) is 4.97. The van der Waals surface area contributed by atoms with Crippen LogP contribution in [0.1, 0.15) is 33.1 Å². The van der Waals surface area contributed by atoms with E-state index in [0.717, 1.165) is 18.9 Å². The second-order valence-electron chi connectivity index (χ2n) is 4.97. The number of likely N-dealkylation sites (tertiary alicyclic amines) is 1. The van der Waals surface area contributed by atoms with E-state index in [-0.39, 0.29) is 6.61 Å². The maximum Gasteiger partial charge on any atom is 0.0446 e. The lowest BCUT2D eigenvalue weighted by Crippen LogP contribution is -2.47. The SMILES string of the molecule is CNC(CCO)CN1CCC(C)CC1C. The van der Waals surface area contributed by atoms with E-state index in [2.05, 4.69) is 24.1 Å². The molecule has 3 nitrogen and oxygen atoms in total. The van der Waals surface area contributed by atoms with Crippen LogP contribution in [0.5, 0.6) is 0 Å². The van der Waals surface area contributed by atoms with Gasteiger partial charge in [0.2, 0.25) is 0 Å². The van der Waals surface area contributed by atoms with E-state index in [4.69, 9.17) is 5.11 Å². The Balaban J connectivity index is 2.35. The summed E-state index contributed by atoms with van der Waals surface area (Å²) in [6.07, 6.45) is 3.49. The Morgan fingerprint density at radius 3 is 2.73 bits per heavy atom. The zero-order valence-corrected chi connectivity index (χ0v) is 10.4. The molecule has 0 aromatic heterocycles. The highest BCUT2D eigenvalue weighted by Gasteiger charge is 2.24. The van der Waals surface area contributed by atoms with Gasteiger partial charge in [-0.3, -0.25) is 4.90 Å². The van der Waals surface area contributed by atoms with Crippen molar-refractivity contribution in [2.24, 2.45) is 5.92 Å². The zero-order chi connectivity index (χ0) is 11.3. The van der Waals surface area contributed by atoms with Crippen LogP contribution in [0, 0.1) is 5.92 Å². The summed E-state index contributed by atoms with van der Waals surface area (Å²) in [7, 11) is 1.98. The van der Waals surface area contributed by atoms with Crippen molar-refractivity contribution in [1.82, 2.24) is 10.2 Å². The van der Waals surface area contributed by atoms with E-state index in [0.29, 0.717) is 12.1 Å². The number of nitrogens with zero attached hydrogens (tertiary/aromatic N) is 1. The van der Waals surface area contributed by atoms with Crippen LogP contribution in [0.3, 0.4) is 0 Å². The van der Waals surface area contributed by atoms with Crippen LogP contribution in [0.25, 0.3) is 0 Å². The Morgan fingerprint density at radius 2 is 2.20 bits per heavy atom. The van der Waals surface area contributed by atoms with E-state index in [1.807, 2.05) is 7.05 Å². The van der Waals surface area contributed by atoms with Crippen LogP contribution in [-0.4, -0.2) is 48.8 Å². The van der Waals surface area contributed by atoms with Gasteiger partial charge in [-0.2, -0.15) is 0 Å². The fraction of sp³-hybridized carbons (Fsp3) is 1.00. The number of hydrogen-bond acceptors (Lipinski definition) is 3. The molecule has 1 fully saturated rings. The lowest BCUT2D eigenvalue weighted by Gasteiger charge is -2.38. The molecule has 0 aliphatic carbocycles. The fourth-order valence-electron chi connectivity index (χ4n) is 2.49. The topological polar surface area (TPSA) is 35.5 Å². The minimum Gasteiger partial charge on any atom is -0.396 e. The molecule has 1 saturated heterocycles. The number of nitrogens with one attached hydrogen (secondary N) is 1. The molecule has 0 bridgehead atoms. The fourth-order valence-corrected chi connectivity index (χ4v) is 2.49. The Kier molecular flexibility index (Phi) is 5.58. The molecule has 0 spiro atoms. The molecule has 0 radical (unpaired) electrons. The van der Waals surface area contributed by atoms with Crippen molar-refractivity contribution >= 4 is 0 Å². The molecule has 1 aliphatic heterocycles. The minimum atomic E-state index is 0.282. The van der Waals surface area contributed by atoms with Crippen LogP contribution in [0.15, 0.2) is 0 Å². The molecule has 3 heteroatoms. The number of likely N-dealkylation sites (N-methyl/N-ethyl adjacent to an activating group) is 1. The monoisotopic (exact) mass is 214 g/mol. The predicted molar refractivity (Wildman–Crippen MR) is 64.0 cm³/mol. The summed E-state index contributed by atoms with van der Waals surface area (Å²) < 4.78 is 0. The molecule has 0 aromatic rings. The molecule has 90 valence electrons. The number of aliphatic hydroxyl groups is 1. The van der Waals surface area contributed by atoms with Crippen molar-refractivity contribution in [3.8, 4) is 0 Å². The van der Waals surface area contributed by atoms with E-state index in [1.165, 1.54) is 19.4 Å². The summed E-state index contributed by atoms with van der Waals surface area (Å²) >= 11 is 0. The zero-order valence-electron chi connectivity index (χ0n) is 10.4. The summed E-state index contributed by atoms with van der Waals surface area (Å²) in [6.45, 7) is 7.24. The Hall–Kier alpha value is -0.120. The molecular formula is C12H26N2O. The van der Waals surface area contributed by atoms with Crippen LogP contribution in [-0.2, 0) is 0 Å². The van der Waals surface area contributed by atoms with Crippen molar-refractivity contribution in [3.05, 3.63) is 0 Å². The summed E-state index contributed by atoms with van der Waals surface area (Å²) in [4.78, 5) is 2.55. The third-order valence-electron chi connectivity index (χ3n) is 3.62. The quantitative estimate of drug-likeness (QED) is 0.719. The molecule has 1 heterocycles. The average Bonchev–Trinajstić information content (AvgIpc) is 2.21. The van der Waals surface area contributed by atoms with E-state index >= 15 is 0 Å². The van der Waals surface area contributed by atoms with Crippen LogP contribution in [0.4, 0.5) is 0 Å². The minimum absolute atomic E-state index is 0.282. The van der Waals surface area contributed by atoms with Gasteiger partial charge in [-0.25, -0.2) is 0 Å². The first kappa shape index (κ1) is 12.9. The summed E-state index contributed by atoms with van der Waals surface area (Å²) in [5.41, 5.74) is 0. The summed E-state index contributed by atoms with van der Waals surface area (Å²) in [6, 6.07) is 1.13. The second kappa shape index (κ2) is 6.46. The van der Waals surface area contributed by atoms with Crippen LogP contribution >= 0.6 is 0 Å². The number of piperidine rings is 1. The third-order valence-corrected chi connectivity index (χ3v) is 3.62. The van der Waals surface area contributed by atoms with E-state index in [9.17, 15) is 0 Å². The van der Waals surface area contributed by atoms with E-state index < -0.39 is 0 Å². The highest BCUT2D eigenvalue weighted by molar-refractivity contribution is 4.80. The van der Waals surface area contributed by atoms with Crippen LogP contribution < -0.4 is 5.32 Å². The van der Waals surface area contributed by atoms with E-state index in [1.54, 1.807) is 0 Å². The number of rotatable bonds is 5. The van der Waals surface area contributed by atoms with Gasteiger partial charge in [0, 0.05) is 25.2 Å². The lowest BCUT2D eigenvalue weighted by molar-refractivity contribution is 0.112. The molecule has 3 atom stereocenters. The van der Waals surface area contributed by atoms with Gasteiger partial charge in [0.15, 0.2) is 0 Å². The largest absolute Gasteiger partial charge is 0.396 e. The smallest absolute Gasteiger partial charge is 0.0446 e. The Morgan fingerprint density at radius 1 is 1.47 bits per heavy atom. The average molecular weight is 214 g/mol. The van der Waals surface area contributed by atoms with Crippen molar-refractivity contribution < 1.29 is 5.11 Å². The lowest BCUT2D eigenvalue weighted by atomic mass is 9.93. The highest BCUT2D eigenvalue weighted by Crippen LogP contribution is 2.22. The number of hydrogen-bond donors (Lipinski definition) is 2. The maximum absolute atomic E-state index is 8.95. The maximum atomic E-state index is 8.95. The Labute approximate surface area is 93.9 Å². The molecule has 3 unspecified atom stereocenters. The van der Waals surface area contributed by atoms with Gasteiger partial charge < -0.3 is 10.4 Å². The first-order valence-electron chi connectivity index (χ1n) is 6.19. The van der Waals surface area contributed by atoms with Gasteiger partial charge >= 0.3 is 0 Å². The molecule has 1 aliphatic rings. The summed E-state index contributed by atoms with van der Waals surface area (Å²) in [5.74, 6) is 0.877. The van der Waals surface area contributed by atoms with Gasteiger partial charge in [-0.15, -0.1) is 0 Å². The Bertz CT molecular complexity index is 175. The standard InChI is InChI=1S/C12H26N2O/c1-10-4-6-14(11(2)8-10)9-12(13-3)5-7-15/h10-13,15H,4-9H2,1-3H3. The molecule has 0 amide bonds. The van der Waals surface area contributed by atoms with Crippen molar-refractivity contribution in [2.45, 2.75) is 45.2 Å². The van der Waals surface area contributed by atoms with Gasteiger partial charge in [0.25, 0.3) is 0 Å². The number of aliphatic hydroxyl groups excluding tert-OH is 1.